The van der Waals surface area contributed by atoms with Crippen LogP contribution in [0.2, 0.25) is 5.02 Å². The van der Waals surface area contributed by atoms with Crippen molar-refractivity contribution < 1.29 is 0 Å². The molecular weight excluding hydrogens is 382 g/mol. The molecule has 0 saturated carbocycles. The van der Waals surface area contributed by atoms with Crippen LogP contribution in [0.4, 0.5) is 5.69 Å². The van der Waals surface area contributed by atoms with Gasteiger partial charge in [-0.25, -0.2) is 0 Å². The lowest BCUT2D eigenvalue weighted by molar-refractivity contribution is 0.282. The Balaban J connectivity index is 1.63. The van der Waals surface area contributed by atoms with Gasteiger partial charge in [0, 0.05) is 16.7 Å². The number of hydrogen-bond acceptors (Lipinski definition) is 2. The summed E-state index contributed by atoms with van der Waals surface area (Å²) in [4.78, 5) is 2.57. The van der Waals surface area contributed by atoms with Crippen LogP contribution in [-0.2, 0) is 0 Å². The molecule has 0 spiro atoms. The van der Waals surface area contributed by atoms with E-state index in [2.05, 4.69) is 31.5 Å². The van der Waals surface area contributed by atoms with Crippen LogP contribution in [0.25, 0.3) is 0 Å². The van der Waals surface area contributed by atoms with E-state index in [0.717, 1.165) is 29.7 Å². The van der Waals surface area contributed by atoms with Gasteiger partial charge in [-0.3, -0.25) is 0 Å². The molecule has 1 aliphatic rings. The zero-order chi connectivity index (χ0) is 15.8. The van der Waals surface area contributed by atoms with E-state index in [0.29, 0.717) is 10.1 Å². The third-order valence-electron chi connectivity index (χ3n) is 3.81. The number of thiocarbonyl (C=S) groups is 1. The molecule has 0 aliphatic carbocycles. The highest BCUT2D eigenvalue weighted by molar-refractivity contribution is 9.10. The molecule has 0 aromatic heterocycles. The van der Waals surface area contributed by atoms with Crippen LogP contribution in [-0.4, -0.2) is 36.2 Å². The van der Waals surface area contributed by atoms with Gasteiger partial charge in [-0.05, 0) is 85.2 Å². The maximum atomic E-state index is 6.07. The van der Waals surface area contributed by atoms with Gasteiger partial charge < -0.3 is 15.5 Å². The summed E-state index contributed by atoms with van der Waals surface area (Å²) in [6, 6.07) is 5.71. The fourth-order valence-corrected chi connectivity index (χ4v) is 3.26. The molecule has 2 N–H and O–H groups in total. The minimum Gasteiger partial charge on any atom is -0.362 e. The molecule has 0 bridgehead atoms. The van der Waals surface area contributed by atoms with Crippen LogP contribution in [0.5, 0.6) is 0 Å². The third kappa shape index (κ3) is 6.41. The lowest BCUT2D eigenvalue weighted by atomic mass is 10.2. The number of likely N-dealkylation sites (tertiary alicyclic amines) is 1. The number of nitrogens with one attached hydrogen (secondary N) is 2. The average Bonchev–Trinajstić information content (AvgIpc) is 2.76. The van der Waals surface area contributed by atoms with Gasteiger partial charge in [0.05, 0.1) is 5.02 Å². The largest absolute Gasteiger partial charge is 0.362 e. The third-order valence-corrected chi connectivity index (χ3v) is 5.29. The maximum Gasteiger partial charge on any atom is 0.170 e. The van der Waals surface area contributed by atoms with Crippen LogP contribution >= 0.6 is 39.7 Å². The van der Waals surface area contributed by atoms with Crippen molar-refractivity contribution in [1.82, 2.24) is 10.2 Å². The van der Waals surface area contributed by atoms with Crippen molar-refractivity contribution in [3.8, 4) is 0 Å². The molecule has 22 heavy (non-hydrogen) atoms. The van der Waals surface area contributed by atoms with Gasteiger partial charge in [-0.1, -0.05) is 24.4 Å². The minimum absolute atomic E-state index is 0.647. The monoisotopic (exact) mass is 403 g/mol. The smallest absolute Gasteiger partial charge is 0.170 e. The Morgan fingerprint density at radius 3 is 2.64 bits per heavy atom. The predicted octanol–water partition coefficient (Wildman–Crippen LogP) is 4.66. The average molecular weight is 405 g/mol. The summed E-state index contributed by atoms with van der Waals surface area (Å²) in [5.74, 6) is 0. The van der Waals surface area contributed by atoms with Crippen LogP contribution in [0.3, 0.4) is 0 Å². The Kier molecular flexibility index (Phi) is 7.94. The van der Waals surface area contributed by atoms with E-state index >= 15 is 0 Å². The highest BCUT2D eigenvalue weighted by Gasteiger charge is 2.08. The van der Waals surface area contributed by atoms with Crippen LogP contribution in [0, 0.1) is 0 Å². The lowest BCUT2D eigenvalue weighted by Crippen LogP contribution is -2.32. The van der Waals surface area contributed by atoms with Gasteiger partial charge >= 0.3 is 0 Å². The van der Waals surface area contributed by atoms with Crippen LogP contribution < -0.4 is 10.6 Å². The Bertz CT molecular complexity index is 490. The van der Waals surface area contributed by atoms with Gasteiger partial charge in [0.15, 0.2) is 5.11 Å². The molecule has 0 unspecified atom stereocenters. The molecule has 6 heteroatoms. The van der Waals surface area contributed by atoms with E-state index in [1.165, 1.54) is 38.8 Å². The molecule has 1 aliphatic heterocycles. The second-order valence-corrected chi connectivity index (χ2v) is 7.29. The van der Waals surface area contributed by atoms with Gasteiger partial charge in [0.25, 0.3) is 0 Å². The molecule has 0 amide bonds. The van der Waals surface area contributed by atoms with Crippen LogP contribution in [0.1, 0.15) is 32.1 Å². The van der Waals surface area contributed by atoms with Crippen molar-refractivity contribution in [3.63, 3.8) is 0 Å². The van der Waals surface area contributed by atoms with Crippen LogP contribution in [0.15, 0.2) is 22.7 Å². The normalized spacial score (nSPS) is 16.1. The van der Waals surface area contributed by atoms with E-state index in [1.807, 2.05) is 18.2 Å². The van der Waals surface area contributed by atoms with Gasteiger partial charge in [-0.15, -0.1) is 0 Å². The molecule has 1 saturated heterocycles. The Hall–Kier alpha value is -0.360. The molecule has 1 heterocycles. The maximum absolute atomic E-state index is 6.07. The molecule has 1 fully saturated rings. The van der Waals surface area contributed by atoms with Crippen molar-refractivity contribution in [2.24, 2.45) is 0 Å². The summed E-state index contributed by atoms with van der Waals surface area (Å²) in [6.45, 7) is 4.55. The fourth-order valence-electron chi connectivity index (χ4n) is 2.61. The van der Waals surface area contributed by atoms with Crippen molar-refractivity contribution in [3.05, 3.63) is 27.7 Å². The molecular formula is C16H23BrClN3S. The number of rotatable bonds is 5. The number of hydrogen-bond donors (Lipinski definition) is 2. The van der Waals surface area contributed by atoms with E-state index in [1.54, 1.807) is 0 Å². The topological polar surface area (TPSA) is 27.3 Å². The van der Waals surface area contributed by atoms with Gasteiger partial charge in [0.1, 0.15) is 0 Å². The van der Waals surface area contributed by atoms with Crippen molar-refractivity contribution in [2.45, 2.75) is 32.1 Å². The van der Waals surface area contributed by atoms with E-state index in [4.69, 9.17) is 23.8 Å². The fraction of sp³-hybridized carbons (Fsp3) is 0.562. The summed E-state index contributed by atoms with van der Waals surface area (Å²) >= 11 is 14.8. The minimum atomic E-state index is 0.647. The molecule has 1 aromatic rings. The predicted molar refractivity (Wildman–Crippen MR) is 103 cm³/mol. The quantitative estimate of drug-likeness (QED) is 0.551. The van der Waals surface area contributed by atoms with Crippen molar-refractivity contribution in [1.29, 1.82) is 0 Å². The lowest BCUT2D eigenvalue weighted by Gasteiger charge is -2.19. The second-order valence-electron chi connectivity index (χ2n) is 5.62. The van der Waals surface area contributed by atoms with E-state index in [9.17, 15) is 0 Å². The Labute approximate surface area is 151 Å². The standard InChI is InChI=1S/C16H23BrClN3S/c17-14-7-6-13(12-15(14)18)20-16(22)19-8-5-11-21-9-3-1-2-4-10-21/h6-7,12H,1-5,8-11H2,(H2,19,20,22). The molecule has 2 rings (SSSR count). The van der Waals surface area contributed by atoms with Gasteiger partial charge in [-0.2, -0.15) is 0 Å². The first-order valence-corrected chi connectivity index (χ1v) is 9.45. The Morgan fingerprint density at radius 1 is 1.23 bits per heavy atom. The van der Waals surface area contributed by atoms with E-state index < -0.39 is 0 Å². The molecule has 0 radical (unpaired) electrons. The number of benzene rings is 1. The number of anilines is 1. The summed E-state index contributed by atoms with van der Waals surface area (Å²) in [5.41, 5.74) is 0.901. The highest BCUT2D eigenvalue weighted by Crippen LogP contribution is 2.25. The first-order chi connectivity index (χ1) is 10.6. The molecule has 122 valence electrons. The summed E-state index contributed by atoms with van der Waals surface area (Å²) < 4.78 is 0.885. The molecule has 3 nitrogen and oxygen atoms in total. The van der Waals surface area contributed by atoms with Crippen molar-refractivity contribution >= 4 is 50.5 Å². The first kappa shape index (κ1) is 18.0. The number of nitrogens with zero attached hydrogens (tertiary/aromatic N) is 1. The SMILES string of the molecule is S=C(NCCCN1CCCCCC1)Nc1ccc(Br)c(Cl)c1. The first-order valence-electron chi connectivity index (χ1n) is 7.87. The highest BCUT2D eigenvalue weighted by atomic mass is 79.9. The van der Waals surface area contributed by atoms with E-state index in [-0.39, 0.29) is 0 Å². The molecule has 0 atom stereocenters. The molecule has 1 aromatic carbocycles. The summed E-state index contributed by atoms with van der Waals surface area (Å²) in [7, 11) is 0. The summed E-state index contributed by atoms with van der Waals surface area (Å²) in [5, 5.41) is 7.74. The zero-order valence-electron chi connectivity index (χ0n) is 12.7. The summed E-state index contributed by atoms with van der Waals surface area (Å²) in [6.07, 6.45) is 6.58. The zero-order valence-corrected chi connectivity index (χ0v) is 15.9. The Morgan fingerprint density at radius 2 is 1.95 bits per heavy atom. The number of halogens is 2. The second kappa shape index (κ2) is 9.71. The van der Waals surface area contributed by atoms with Gasteiger partial charge in [0.2, 0.25) is 0 Å². The van der Waals surface area contributed by atoms with Crippen molar-refractivity contribution in [2.75, 3.05) is 31.5 Å².